The van der Waals surface area contributed by atoms with E-state index in [0.29, 0.717) is 6.61 Å². The number of carbonyl (C=O) groups is 1. The highest BCUT2D eigenvalue weighted by Gasteiger charge is 2.16. The van der Waals surface area contributed by atoms with Gasteiger partial charge in [-0.05, 0) is 29.8 Å². The summed E-state index contributed by atoms with van der Waals surface area (Å²) in [7, 11) is 1.58. The van der Waals surface area contributed by atoms with Gasteiger partial charge in [0.2, 0.25) is 0 Å². The first-order chi connectivity index (χ1) is 12.9. The predicted octanol–water partition coefficient (Wildman–Crippen LogP) is 1.62. The van der Waals surface area contributed by atoms with E-state index in [1.165, 1.54) is 6.07 Å². The number of phenolic OH excluding ortho intramolecular Hbond substituents is 1. The molecule has 0 radical (unpaired) electrons. The lowest BCUT2D eigenvalue weighted by molar-refractivity contribution is -0.385. The number of aromatic hydroxyl groups is 1. The zero-order valence-electron chi connectivity index (χ0n) is 14.6. The number of carbonyl (C=O) groups excluding carboxylic acids is 1. The summed E-state index contributed by atoms with van der Waals surface area (Å²) in [6, 6.07) is 10.5. The number of benzene rings is 2. The van der Waals surface area contributed by atoms with Crippen LogP contribution in [-0.2, 0) is 11.3 Å². The van der Waals surface area contributed by atoms with Crippen LogP contribution in [0, 0.1) is 10.1 Å². The van der Waals surface area contributed by atoms with Gasteiger partial charge in [-0.15, -0.1) is 0 Å². The highest BCUT2D eigenvalue weighted by Crippen LogP contribution is 2.26. The number of amides is 1. The minimum absolute atomic E-state index is 0.0117. The Labute approximate surface area is 155 Å². The number of aliphatic hydroxyl groups excluding tert-OH is 1. The van der Waals surface area contributed by atoms with Gasteiger partial charge in [0.25, 0.3) is 5.91 Å². The lowest BCUT2D eigenvalue weighted by Crippen LogP contribution is -2.34. The SMILES string of the molecule is COc1ccc(COCC(O)CNC(=O)c2ccc([N+](=O)[O-])c(O)c2)cc1. The molecule has 9 nitrogen and oxygen atoms in total. The fourth-order valence-electron chi connectivity index (χ4n) is 2.23. The van der Waals surface area contributed by atoms with Gasteiger partial charge in [0.05, 0.1) is 31.4 Å². The number of rotatable bonds is 9. The highest BCUT2D eigenvalue weighted by atomic mass is 16.6. The number of nitro groups is 1. The molecule has 0 fully saturated rings. The predicted molar refractivity (Wildman–Crippen MR) is 95.8 cm³/mol. The summed E-state index contributed by atoms with van der Waals surface area (Å²) in [6.45, 7) is 0.238. The van der Waals surface area contributed by atoms with Gasteiger partial charge in [0.1, 0.15) is 5.75 Å². The molecule has 0 saturated heterocycles. The van der Waals surface area contributed by atoms with Crippen molar-refractivity contribution < 1.29 is 29.4 Å². The molecule has 9 heteroatoms. The van der Waals surface area contributed by atoms with E-state index in [4.69, 9.17) is 9.47 Å². The molecule has 1 amide bonds. The summed E-state index contributed by atoms with van der Waals surface area (Å²) in [4.78, 5) is 21.9. The van der Waals surface area contributed by atoms with E-state index >= 15 is 0 Å². The van der Waals surface area contributed by atoms with Crippen molar-refractivity contribution in [1.82, 2.24) is 5.32 Å². The standard InChI is InChI=1S/C18H20N2O7/c1-26-15-5-2-12(3-6-15)10-27-11-14(21)9-19-18(23)13-4-7-16(20(24)25)17(22)8-13/h2-8,14,21-22H,9-11H2,1H3,(H,19,23). The molecule has 0 aromatic heterocycles. The molecule has 2 aromatic rings. The number of hydrogen-bond acceptors (Lipinski definition) is 7. The Kier molecular flexibility index (Phi) is 7.09. The van der Waals surface area contributed by atoms with Crippen molar-refractivity contribution in [3.63, 3.8) is 0 Å². The first-order valence-corrected chi connectivity index (χ1v) is 8.05. The molecular formula is C18H20N2O7. The molecule has 0 aliphatic carbocycles. The van der Waals surface area contributed by atoms with Gasteiger partial charge in [-0.1, -0.05) is 12.1 Å². The fourth-order valence-corrected chi connectivity index (χ4v) is 2.23. The van der Waals surface area contributed by atoms with Crippen LogP contribution in [0.2, 0.25) is 0 Å². The summed E-state index contributed by atoms with van der Waals surface area (Å²) in [5.74, 6) is -0.441. The summed E-state index contributed by atoms with van der Waals surface area (Å²) >= 11 is 0. The third kappa shape index (κ3) is 5.94. The molecule has 0 spiro atoms. The minimum atomic E-state index is -0.932. The number of nitro benzene ring substituents is 1. The molecule has 3 N–H and O–H groups in total. The van der Waals surface area contributed by atoms with E-state index < -0.39 is 28.4 Å². The Bertz CT molecular complexity index is 793. The van der Waals surface area contributed by atoms with Crippen molar-refractivity contribution in [3.05, 3.63) is 63.7 Å². The lowest BCUT2D eigenvalue weighted by atomic mass is 10.1. The van der Waals surface area contributed by atoms with Crippen molar-refractivity contribution in [1.29, 1.82) is 0 Å². The molecule has 0 aliphatic rings. The van der Waals surface area contributed by atoms with Crippen LogP contribution in [-0.4, -0.2) is 47.4 Å². The van der Waals surface area contributed by atoms with Crippen LogP contribution in [0.15, 0.2) is 42.5 Å². The Morgan fingerprint density at radius 1 is 1.26 bits per heavy atom. The Morgan fingerprint density at radius 3 is 2.56 bits per heavy atom. The molecule has 1 unspecified atom stereocenters. The van der Waals surface area contributed by atoms with E-state index in [1.807, 2.05) is 12.1 Å². The monoisotopic (exact) mass is 376 g/mol. The number of nitrogens with zero attached hydrogens (tertiary/aromatic N) is 1. The van der Waals surface area contributed by atoms with Crippen LogP contribution >= 0.6 is 0 Å². The molecule has 2 aromatic carbocycles. The zero-order valence-corrected chi connectivity index (χ0v) is 14.6. The van der Waals surface area contributed by atoms with Crippen molar-refractivity contribution in [2.75, 3.05) is 20.3 Å². The fraction of sp³-hybridized carbons (Fsp3) is 0.278. The third-order valence-electron chi connectivity index (χ3n) is 3.67. The summed E-state index contributed by atoms with van der Waals surface area (Å²) in [5.41, 5.74) is 0.469. The molecule has 0 bridgehead atoms. The number of methoxy groups -OCH3 is 1. The van der Waals surface area contributed by atoms with Crippen LogP contribution in [0.25, 0.3) is 0 Å². The van der Waals surface area contributed by atoms with Crippen LogP contribution < -0.4 is 10.1 Å². The second kappa shape index (κ2) is 9.51. The van der Waals surface area contributed by atoms with E-state index in [0.717, 1.165) is 23.4 Å². The van der Waals surface area contributed by atoms with Crippen molar-refractivity contribution >= 4 is 11.6 Å². The maximum atomic E-state index is 12.0. The van der Waals surface area contributed by atoms with E-state index in [9.17, 15) is 25.1 Å². The average molecular weight is 376 g/mol. The van der Waals surface area contributed by atoms with Gasteiger partial charge in [-0.2, -0.15) is 0 Å². The van der Waals surface area contributed by atoms with Gasteiger partial charge < -0.3 is 25.0 Å². The van der Waals surface area contributed by atoms with Crippen molar-refractivity contribution in [2.45, 2.75) is 12.7 Å². The molecule has 27 heavy (non-hydrogen) atoms. The summed E-state index contributed by atoms with van der Waals surface area (Å²) < 4.78 is 10.5. The van der Waals surface area contributed by atoms with Gasteiger partial charge in [0, 0.05) is 18.2 Å². The smallest absolute Gasteiger partial charge is 0.310 e. The molecule has 0 heterocycles. The van der Waals surface area contributed by atoms with Crippen molar-refractivity contribution in [3.8, 4) is 11.5 Å². The average Bonchev–Trinajstić information content (AvgIpc) is 2.66. The van der Waals surface area contributed by atoms with E-state index in [1.54, 1.807) is 19.2 Å². The largest absolute Gasteiger partial charge is 0.502 e. The topological polar surface area (TPSA) is 131 Å². The number of aliphatic hydroxyl groups is 1. The lowest BCUT2D eigenvalue weighted by Gasteiger charge is -2.13. The van der Waals surface area contributed by atoms with Gasteiger partial charge in [0.15, 0.2) is 5.75 Å². The first kappa shape index (κ1) is 20.1. The van der Waals surface area contributed by atoms with Crippen LogP contribution in [0.5, 0.6) is 11.5 Å². The first-order valence-electron chi connectivity index (χ1n) is 8.05. The maximum Gasteiger partial charge on any atom is 0.310 e. The van der Waals surface area contributed by atoms with Gasteiger partial charge >= 0.3 is 5.69 Å². The number of ether oxygens (including phenoxy) is 2. The summed E-state index contributed by atoms with van der Waals surface area (Å²) in [6.07, 6.45) is -0.932. The Balaban J connectivity index is 1.75. The quantitative estimate of drug-likeness (QED) is 0.447. The molecule has 0 aliphatic heterocycles. The minimum Gasteiger partial charge on any atom is -0.502 e. The second-order valence-corrected chi connectivity index (χ2v) is 5.69. The van der Waals surface area contributed by atoms with Crippen LogP contribution in [0.3, 0.4) is 0 Å². The highest BCUT2D eigenvalue weighted by molar-refractivity contribution is 5.95. The number of nitrogens with one attached hydrogen (secondary N) is 1. The normalized spacial score (nSPS) is 11.6. The van der Waals surface area contributed by atoms with Crippen molar-refractivity contribution in [2.24, 2.45) is 0 Å². The Hall–Kier alpha value is -3.17. The number of phenols is 1. The van der Waals surface area contributed by atoms with Gasteiger partial charge in [-0.3, -0.25) is 14.9 Å². The molecule has 0 saturated carbocycles. The molecule has 2 rings (SSSR count). The third-order valence-corrected chi connectivity index (χ3v) is 3.67. The summed E-state index contributed by atoms with van der Waals surface area (Å²) in [5, 5.41) is 32.5. The molecular weight excluding hydrogens is 356 g/mol. The van der Waals surface area contributed by atoms with E-state index in [2.05, 4.69) is 5.32 Å². The van der Waals surface area contributed by atoms with Crippen LogP contribution in [0.1, 0.15) is 15.9 Å². The van der Waals surface area contributed by atoms with E-state index in [-0.39, 0.29) is 18.7 Å². The molecule has 144 valence electrons. The number of hydrogen-bond donors (Lipinski definition) is 3. The van der Waals surface area contributed by atoms with Crippen LogP contribution in [0.4, 0.5) is 5.69 Å². The second-order valence-electron chi connectivity index (χ2n) is 5.69. The molecule has 1 atom stereocenters. The Morgan fingerprint density at radius 2 is 1.96 bits per heavy atom. The maximum absolute atomic E-state index is 12.0. The van der Waals surface area contributed by atoms with Gasteiger partial charge in [-0.25, -0.2) is 0 Å². The zero-order chi connectivity index (χ0) is 19.8.